The van der Waals surface area contributed by atoms with E-state index in [2.05, 4.69) is 38.3 Å². The van der Waals surface area contributed by atoms with Gasteiger partial charge >= 0.3 is 0 Å². The number of halogens is 1. The summed E-state index contributed by atoms with van der Waals surface area (Å²) in [6.45, 7) is 2.75. The third-order valence-corrected chi connectivity index (χ3v) is 7.93. The van der Waals surface area contributed by atoms with Gasteiger partial charge in [-0.25, -0.2) is 12.7 Å². The fourth-order valence-corrected chi connectivity index (χ4v) is 5.23. The molecule has 1 amide bonds. The van der Waals surface area contributed by atoms with E-state index in [0.717, 1.165) is 36.8 Å². The first kappa shape index (κ1) is 22.0. The summed E-state index contributed by atoms with van der Waals surface area (Å²) < 4.78 is 26.5. The van der Waals surface area contributed by atoms with E-state index in [9.17, 15) is 13.2 Å². The molecule has 0 radical (unpaired) electrons. The second-order valence-corrected chi connectivity index (χ2v) is 10.4. The van der Waals surface area contributed by atoms with Gasteiger partial charge in [-0.15, -0.1) is 0 Å². The van der Waals surface area contributed by atoms with Crippen LogP contribution in [0.5, 0.6) is 0 Å². The van der Waals surface area contributed by atoms with Gasteiger partial charge in [-0.1, -0.05) is 30.3 Å². The summed E-state index contributed by atoms with van der Waals surface area (Å²) in [5.41, 5.74) is 1.64. The zero-order chi connectivity index (χ0) is 21.0. The standard InChI is InChI=1S/C21H26BrN3O3S/c1-24(2)29(27,28)20-14-17(8-9-19(20)22)21(26)23-18-10-12-25(13-11-18)15-16-6-4-3-5-7-16/h3-9,14,18H,10-13,15H2,1-2H3,(H,23,26). The molecule has 0 spiro atoms. The van der Waals surface area contributed by atoms with E-state index < -0.39 is 10.0 Å². The largest absolute Gasteiger partial charge is 0.349 e. The molecule has 0 unspecified atom stereocenters. The molecule has 3 rings (SSSR count). The number of hydrogen-bond acceptors (Lipinski definition) is 4. The van der Waals surface area contributed by atoms with E-state index in [1.165, 1.54) is 25.7 Å². The van der Waals surface area contributed by atoms with Crippen molar-refractivity contribution < 1.29 is 13.2 Å². The second kappa shape index (κ2) is 9.38. The lowest BCUT2D eigenvalue weighted by atomic mass is 10.0. The lowest BCUT2D eigenvalue weighted by molar-refractivity contribution is 0.0908. The van der Waals surface area contributed by atoms with Crippen molar-refractivity contribution >= 4 is 31.9 Å². The van der Waals surface area contributed by atoms with Crippen LogP contribution in [-0.2, 0) is 16.6 Å². The summed E-state index contributed by atoms with van der Waals surface area (Å²) in [5, 5.41) is 3.06. The highest BCUT2D eigenvalue weighted by Crippen LogP contribution is 2.25. The Bertz CT molecular complexity index is 956. The van der Waals surface area contributed by atoms with Crippen LogP contribution in [-0.4, -0.2) is 56.8 Å². The summed E-state index contributed by atoms with van der Waals surface area (Å²) in [4.78, 5) is 15.2. The van der Waals surface area contributed by atoms with E-state index in [4.69, 9.17) is 0 Å². The van der Waals surface area contributed by atoms with Gasteiger partial charge in [0.1, 0.15) is 0 Å². The Labute approximate surface area is 181 Å². The van der Waals surface area contributed by atoms with Gasteiger partial charge in [0.25, 0.3) is 5.91 Å². The Kier molecular flexibility index (Phi) is 7.10. The average molecular weight is 480 g/mol. The third-order valence-electron chi connectivity index (χ3n) is 5.12. The van der Waals surface area contributed by atoms with E-state index in [1.807, 2.05) is 18.2 Å². The number of nitrogens with one attached hydrogen (secondary N) is 1. The minimum atomic E-state index is -3.63. The Morgan fingerprint density at radius 3 is 2.41 bits per heavy atom. The predicted molar refractivity (Wildman–Crippen MR) is 117 cm³/mol. The van der Waals surface area contributed by atoms with Crippen LogP contribution in [0.4, 0.5) is 0 Å². The highest BCUT2D eigenvalue weighted by molar-refractivity contribution is 9.10. The molecule has 0 aliphatic carbocycles. The Hall–Kier alpha value is -1.74. The quantitative estimate of drug-likeness (QED) is 0.690. The molecule has 2 aromatic rings. The van der Waals surface area contributed by atoms with Crippen LogP contribution in [0.2, 0.25) is 0 Å². The number of nitrogens with zero attached hydrogens (tertiary/aromatic N) is 2. The number of hydrogen-bond donors (Lipinski definition) is 1. The maximum atomic E-state index is 12.7. The first-order valence-corrected chi connectivity index (χ1v) is 11.8. The summed E-state index contributed by atoms with van der Waals surface area (Å²) in [6, 6.07) is 15.1. The van der Waals surface area contributed by atoms with Crippen molar-refractivity contribution in [2.24, 2.45) is 0 Å². The minimum Gasteiger partial charge on any atom is -0.349 e. The molecule has 1 heterocycles. The molecule has 0 saturated carbocycles. The van der Waals surface area contributed by atoms with Crippen LogP contribution in [0.25, 0.3) is 0 Å². The zero-order valence-electron chi connectivity index (χ0n) is 16.6. The molecule has 1 aliphatic heterocycles. The maximum Gasteiger partial charge on any atom is 0.251 e. The minimum absolute atomic E-state index is 0.0899. The number of piperidine rings is 1. The number of benzene rings is 2. The van der Waals surface area contributed by atoms with Crippen molar-refractivity contribution in [3.05, 3.63) is 64.1 Å². The van der Waals surface area contributed by atoms with Gasteiger partial charge < -0.3 is 5.32 Å². The number of rotatable bonds is 6. The summed E-state index contributed by atoms with van der Waals surface area (Å²) in [6.07, 6.45) is 1.75. The van der Waals surface area contributed by atoms with E-state index >= 15 is 0 Å². The summed E-state index contributed by atoms with van der Waals surface area (Å²) >= 11 is 3.27. The smallest absolute Gasteiger partial charge is 0.251 e. The van der Waals surface area contributed by atoms with Gasteiger partial charge in [0.2, 0.25) is 10.0 Å². The van der Waals surface area contributed by atoms with Crippen molar-refractivity contribution in [1.82, 2.24) is 14.5 Å². The molecule has 156 valence electrons. The third kappa shape index (κ3) is 5.45. The van der Waals surface area contributed by atoms with Gasteiger partial charge in [0.05, 0.1) is 4.90 Å². The number of amides is 1. The molecule has 2 aromatic carbocycles. The second-order valence-electron chi connectivity index (χ2n) is 7.44. The molecule has 0 bridgehead atoms. The Balaban J connectivity index is 1.60. The highest BCUT2D eigenvalue weighted by Gasteiger charge is 2.24. The fourth-order valence-electron chi connectivity index (χ4n) is 3.38. The molecule has 1 N–H and O–H groups in total. The van der Waals surface area contributed by atoms with Crippen LogP contribution in [0, 0.1) is 0 Å². The van der Waals surface area contributed by atoms with Gasteiger partial charge in [-0.05, 0) is 52.5 Å². The van der Waals surface area contributed by atoms with Crippen molar-refractivity contribution in [1.29, 1.82) is 0 Å². The molecule has 6 nitrogen and oxygen atoms in total. The summed E-state index contributed by atoms with van der Waals surface area (Å²) in [5.74, 6) is -0.241. The molecule has 0 atom stereocenters. The fraction of sp³-hybridized carbons (Fsp3) is 0.381. The first-order chi connectivity index (χ1) is 13.8. The number of carbonyl (C=O) groups is 1. The molecule has 1 fully saturated rings. The average Bonchev–Trinajstić information content (AvgIpc) is 2.70. The highest BCUT2D eigenvalue weighted by atomic mass is 79.9. The van der Waals surface area contributed by atoms with E-state index in [-0.39, 0.29) is 16.8 Å². The number of sulfonamides is 1. The Morgan fingerprint density at radius 1 is 1.14 bits per heavy atom. The zero-order valence-corrected chi connectivity index (χ0v) is 19.0. The van der Waals surface area contributed by atoms with Gasteiger partial charge in [0.15, 0.2) is 0 Å². The molecular weight excluding hydrogens is 454 g/mol. The summed E-state index contributed by atoms with van der Waals surface area (Å²) in [7, 11) is -0.694. The van der Waals surface area contributed by atoms with E-state index in [0.29, 0.717) is 10.0 Å². The predicted octanol–water partition coefficient (Wildman–Crippen LogP) is 3.09. The van der Waals surface area contributed by atoms with Gasteiger partial charge in [-0.2, -0.15) is 0 Å². The monoisotopic (exact) mass is 479 g/mol. The van der Waals surface area contributed by atoms with Crippen LogP contribution in [0.1, 0.15) is 28.8 Å². The van der Waals surface area contributed by atoms with E-state index in [1.54, 1.807) is 12.1 Å². The normalized spacial score (nSPS) is 16.1. The SMILES string of the molecule is CN(C)S(=O)(=O)c1cc(C(=O)NC2CCN(Cc3ccccc3)CC2)ccc1Br. The van der Waals surface area contributed by atoms with Crippen LogP contribution in [0.3, 0.4) is 0 Å². The Morgan fingerprint density at radius 2 is 1.79 bits per heavy atom. The topological polar surface area (TPSA) is 69.7 Å². The lowest BCUT2D eigenvalue weighted by Gasteiger charge is -2.32. The number of carbonyl (C=O) groups excluding carboxylic acids is 1. The molecular formula is C21H26BrN3O3S. The van der Waals surface area contributed by atoms with Gasteiger partial charge in [0, 0.05) is 49.8 Å². The van der Waals surface area contributed by atoms with Gasteiger partial charge in [-0.3, -0.25) is 9.69 Å². The lowest BCUT2D eigenvalue weighted by Crippen LogP contribution is -2.44. The van der Waals surface area contributed by atoms with Crippen LogP contribution < -0.4 is 5.32 Å². The van der Waals surface area contributed by atoms with Crippen LogP contribution in [0.15, 0.2) is 57.9 Å². The molecule has 1 saturated heterocycles. The maximum absolute atomic E-state index is 12.7. The van der Waals surface area contributed by atoms with Crippen molar-refractivity contribution in [3.8, 4) is 0 Å². The van der Waals surface area contributed by atoms with Crippen LogP contribution >= 0.6 is 15.9 Å². The van der Waals surface area contributed by atoms with Crippen molar-refractivity contribution in [2.75, 3.05) is 27.2 Å². The number of likely N-dealkylation sites (tertiary alicyclic amines) is 1. The molecule has 1 aliphatic rings. The first-order valence-electron chi connectivity index (χ1n) is 9.56. The van der Waals surface area contributed by atoms with Crippen molar-refractivity contribution in [3.63, 3.8) is 0 Å². The molecule has 8 heteroatoms. The molecule has 0 aromatic heterocycles. The molecule has 29 heavy (non-hydrogen) atoms. The van der Waals surface area contributed by atoms with Crippen molar-refractivity contribution in [2.45, 2.75) is 30.3 Å².